The van der Waals surface area contributed by atoms with Gasteiger partial charge in [0, 0.05) is 6.54 Å². The normalized spacial score (nSPS) is 15.8. The van der Waals surface area contributed by atoms with Gasteiger partial charge in [0.2, 0.25) is 0 Å². The Labute approximate surface area is 143 Å². The van der Waals surface area contributed by atoms with Gasteiger partial charge in [-0.1, -0.05) is 49.6 Å². The molecule has 2 rings (SSSR count). The van der Waals surface area contributed by atoms with Gasteiger partial charge in [0.05, 0.1) is 0 Å². The molecular weight excluding hydrogens is 306 g/mol. The first kappa shape index (κ1) is 18.3. The Kier molecular flexibility index (Phi) is 6.23. The van der Waals surface area contributed by atoms with Crippen LogP contribution >= 0.6 is 0 Å². The first-order valence-corrected chi connectivity index (χ1v) is 8.67. The minimum atomic E-state index is -1.27. The molecule has 5 heteroatoms. The lowest BCUT2D eigenvalue weighted by atomic mass is 9.79. The molecule has 1 aromatic carbocycles. The van der Waals surface area contributed by atoms with E-state index in [0.29, 0.717) is 12.3 Å². The van der Waals surface area contributed by atoms with E-state index in [1.165, 1.54) is 6.42 Å². The van der Waals surface area contributed by atoms with Crippen LogP contribution in [0.5, 0.6) is 0 Å². The summed E-state index contributed by atoms with van der Waals surface area (Å²) in [6.07, 6.45) is 3.99. The molecular formula is C19H27NO4. The van der Waals surface area contributed by atoms with Crippen LogP contribution in [0.4, 0.5) is 9.59 Å². The van der Waals surface area contributed by atoms with Crippen molar-refractivity contribution in [2.75, 3.05) is 6.54 Å². The Bertz CT molecular complexity index is 550. The molecule has 0 unspecified atom stereocenters. The Morgan fingerprint density at radius 2 is 1.79 bits per heavy atom. The lowest BCUT2D eigenvalue weighted by molar-refractivity contribution is -0.0320. The molecule has 1 aliphatic carbocycles. The lowest BCUT2D eigenvalue weighted by Gasteiger charge is -2.37. The molecule has 0 spiro atoms. The minimum Gasteiger partial charge on any atom is -0.465 e. The van der Waals surface area contributed by atoms with Gasteiger partial charge in [-0.05, 0) is 44.6 Å². The maximum absolute atomic E-state index is 12.4. The van der Waals surface area contributed by atoms with E-state index in [0.717, 1.165) is 36.1 Å². The van der Waals surface area contributed by atoms with E-state index in [4.69, 9.17) is 4.74 Å². The van der Waals surface area contributed by atoms with Crippen LogP contribution < -0.4 is 0 Å². The van der Waals surface area contributed by atoms with Gasteiger partial charge in [0.1, 0.15) is 5.60 Å². The summed E-state index contributed by atoms with van der Waals surface area (Å²) in [5, 5.41) is 9.35. The molecule has 24 heavy (non-hydrogen) atoms. The van der Waals surface area contributed by atoms with E-state index in [1.807, 2.05) is 44.2 Å². The SMILES string of the molecule is CC(C)(OC(=O)N(CCc1ccccc1)C(=O)O)C1CCCCC1. The van der Waals surface area contributed by atoms with Crippen molar-refractivity contribution < 1.29 is 19.4 Å². The van der Waals surface area contributed by atoms with Crippen LogP contribution in [0.25, 0.3) is 0 Å². The number of amides is 2. The second-order valence-electron chi connectivity index (χ2n) is 6.98. The van der Waals surface area contributed by atoms with Crippen molar-refractivity contribution in [1.82, 2.24) is 4.90 Å². The zero-order valence-electron chi connectivity index (χ0n) is 14.5. The second kappa shape index (κ2) is 8.18. The summed E-state index contributed by atoms with van der Waals surface area (Å²) >= 11 is 0. The van der Waals surface area contributed by atoms with Crippen LogP contribution in [-0.2, 0) is 11.2 Å². The van der Waals surface area contributed by atoms with E-state index >= 15 is 0 Å². The minimum absolute atomic E-state index is 0.0962. The molecule has 1 saturated carbocycles. The topological polar surface area (TPSA) is 66.8 Å². The maximum Gasteiger partial charge on any atom is 0.419 e. The first-order chi connectivity index (χ1) is 11.4. The van der Waals surface area contributed by atoms with Crippen LogP contribution in [0.15, 0.2) is 30.3 Å². The monoisotopic (exact) mass is 333 g/mol. The van der Waals surface area contributed by atoms with Crippen LogP contribution in [0.2, 0.25) is 0 Å². The maximum atomic E-state index is 12.4. The molecule has 132 valence electrons. The fourth-order valence-corrected chi connectivity index (χ4v) is 3.31. The van der Waals surface area contributed by atoms with Crippen LogP contribution in [0.1, 0.15) is 51.5 Å². The quantitative estimate of drug-likeness (QED) is 0.848. The van der Waals surface area contributed by atoms with Crippen LogP contribution in [-0.4, -0.2) is 34.3 Å². The van der Waals surface area contributed by atoms with E-state index in [-0.39, 0.29) is 6.54 Å². The molecule has 1 N–H and O–H groups in total. The number of benzene rings is 1. The molecule has 0 heterocycles. The average molecular weight is 333 g/mol. The lowest BCUT2D eigenvalue weighted by Crippen LogP contribution is -2.45. The number of nitrogens with zero attached hydrogens (tertiary/aromatic N) is 1. The highest BCUT2D eigenvalue weighted by Gasteiger charge is 2.36. The van der Waals surface area contributed by atoms with Gasteiger partial charge in [-0.25, -0.2) is 14.5 Å². The Balaban J connectivity index is 1.96. The van der Waals surface area contributed by atoms with E-state index in [1.54, 1.807) is 0 Å². The van der Waals surface area contributed by atoms with Gasteiger partial charge in [-0.2, -0.15) is 0 Å². The van der Waals surface area contributed by atoms with Crippen LogP contribution in [0, 0.1) is 5.92 Å². The zero-order valence-corrected chi connectivity index (χ0v) is 14.5. The largest absolute Gasteiger partial charge is 0.465 e. The highest BCUT2D eigenvalue weighted by Crippen LogP contribution is 2.35. The number of rotatable bonds is 5. The van der Waals surface area contributed by atoms with Gasteiger partial charge in [-0.15, -0.1) is 0 Å². The Hall–Kier alpha value is -2.04. The number of hydrogen-bond donors (Lipinski definition) is 1. The fraction of sp³-hybridized carbons (Fsp3) is 0.579. The van der Waals surface area contributed by atoms with Crippen molar-refractivity contribution in [2.24, 2.45) is 5.92 Å². The molecule has 1 aliphatic rings. The molecule has 0 atom stereocenters. The van der Waals surface area contributed by atoms with Gasteiger partial charge in [-0.3, -0.25) is 0 Å². The number of ether oxygens (including phenoxy) is 1. The molecule has 0 aliphatic heterocycles. The van der Waals surface area contributed by atoms with E-state index < -0.39 is 17.8 Å². The van der Waals surface area contributed by atoms with Crippen molar-refractivity contribution in [1.29, 1.82) is 0 Å². The number of imide groups is 1. The smallest absolute Gasteiger partial charge is 0.419 e. The second-order valence-corrected chi connectivity index (χ2v) is 6.98. The summed E-state index contributed by atoms with van der Waals surface area (Å²) in [5.41, 5.74) is 0.348. The predicted octanol–water partition coefficient (Wildman–Crippen LogP) is 4.70. The van der Waals surface area contributed by atoms with Crippen molar-refractivity contribution in [2.45, 2.75) is 58.0 Å². The number of carbonyl (C=O) groups excluding carboxylic acids is 1. The molecule has 5 nitrogen and oxygen atoms in total. The highest BCUT2D eigenvalue weighted by atomic mass is 16.6. The molecule has 1 fully saturated rings. The number of carboxylic acid groups (broad SMARTS) is 1. The number of hydrogen-bond acceptors (Lipinski definition) is 3. The van der Waals surface area contributed by atoms with Gasteiger partial charge in [0.25, 0.3) is 0 Å². The van der Waals surface area contributed by atoms with Crippen molar-refractivity contribution in [3.05, 3.63) is 35.9 Å². The van der Waals surface area contributed by atoms with Crippen molar-refractivity contribution >= 4 is 12.2 Å². The third kappa shape index (κ3) is 4.98. The predicted molar refractivity (Wildman–Crippen MR) is 92.0 cm³/mol. The third-order valence-corrected chi connectivity index (χ3v) is 4.86. The molecule has 0 aromatic heterocycles. The van der Waals surface area contributed by atoms with E-state index in [9.17, 15) is 14.7 Å². The van der Waals surface area contributed by atoms with Gasteiger partial charge in [0.15, 0.2) is 0 Å². The molecule has 1 aromatic rings. The number of carbonyl (C=O) groups is 2. The first-order valence-electron chi connectivity index (χ1n) is 8.67. The summed E-state index contributed by atoms with van der Waals surface area (Å²) in [4.78, 5) is 24.6. The van der Waals surface area contributed by atoms with Crippen molar-refractivity contribution in [3.8, 4) is 0 Å². The highest BCUT2D eigenvalue weighted by molar-refractivity contribution is 5.86. The van der Waals surface area contributed by atoms with Crippen LogP contribution in [0.3, 0.4) is 0 Å². The molecule has 2 amide bonds. The molecule has 0 radical (unpaired) electrons. The van der Waals surface area contributed by atoms with Gasteiger partial charge >= 0.3 is 12.2 Å². The Morgan fingerprint density at radius 3 is 2.38 bits per heavy atom. The average Bonchev–Trinajstić information content (AvgIpc) is 2.56. The van der Waals surface area contributed by atoms with Gasteiger partial charge < -0.3 is 9.84 Å². The molecule has 0 bridgehead atoms. The Morgan fingerprint density at radius 1 is 1.17 bits per heavy atom. The molecule has 0 saturated heterocycles. The van der Waals surface area contributed by atoms with Crippen molar-refractivity contribution in [3.63, 3.8) is 0 Å². The summed E-state index contributed by atoms with van der Waals surface area (Å²) in [6, 6.07) is 9.52. The standard InChI is InChI=1S/C19H27NO4/c1-19(2,16-11-7-4-8-12-16)24-18(23)20(17(21)22)14-13-15-9-5-3-6-10-15/h3,5-6,9-10,16H,4,7-8,11-14H2,1-2H3,(H,21,22). The summed E-state index contributed by atoms with van der Waals surface area (Å²) in [5.74, 6) is 0.292. The summed E-state index contributed by atoms with van der Waals surface area (Å²) < 4.78 is 5.60. The summed E-state index contributed by atoms with van der Waals surface area (Å²) in [6.45, 7) is 3.87. The fourth-order valence-electron chi connectivity index (χ4n) is 3.31. The summed E-state index contributed by atoms with van der Waals surface area (Å²) in [7, 11) is 0. The zero-order chi connectivity index (χ0) is 17.6. The van der Waals surface area contributed by atoms with E-state index in [2.05, 4.69) is 0 Å². The third-order valence-electron chi connectivity index (χ3n) is 4.86.